The van der Waals surface area contributed by atoms with Crippen molar-refractivity contribution in [1.29, 1.82) is 0 Å². The molecule has 1 aromatic carbocycles. The van der Waals surface area contributed by atoms with E-state index in [9.17, 15) is 19.2 Å². The van der Waals surface area contributed by atoms with Gasteiger partial charge in [-0.1, -0.05) is 32.0 Å². The average Bonchev–Trinajstić information content (AvgIpc) is 3.15. The second-order valence-corrected chi connectivity index (χ2v) is 8.66. The molecule has 33 heavy (non-hydrogen) atoms. The van der Waals surface area contributed by atoms with Gasteiger partial charge < -0.3 is 31.8 Å². The molecule has 0 saturated carbocycles. The van der Waals surface area contributed by atoms with Crippen molar-refractivity contribution in [3.05, 3.63) is 36.0 Å². The number of hydrogen-bond donors (Lipinski definition) is 6. The number of carbonyl (C=O) groups is 4. The topological polar surface area (TPSA) is 166 Å². The SMILES string of the molecule is CC(C)CC(NC(=O)C(N)Cc1c[nH]c2ccccc12)C(=O)NC(C)C(=O)NC(C)C(=O)O. The van der Waals surface area contributed by atoms with Crippen LogP contribution in [0.15, 0.2) is 30.5 Å². The molecule has 10 nitrogen and oxygen atoms in total. The lowest BCUT2D eigenvalue weighted by molar-refractivity contribution is -0.141. The number of rotatable bonds is 11. The van der Waals surface area contributed by atoms with E-state index in [-0.39, 0.29) is 12.3 Å². The fraction of sp³-hybridized carbons (Fsp3) is 0.478. The molecule has 2 rings (SSSR count). The van der Waals surface area contributed by atoms with E-state index in [0.29, 0.717) is 6.42 Å². The van der Waals surface area contributed by atoms with E-state index in [1.54, 1.807) is 0 Å². The summed E-state index contributed by atoms with van der Waals surface area (Å²) in [6, 6.07) is 3.86. The number of amides is 3. The zero-order chi connectivity index (χ0) is 24.7. The van der Waals surface area contributed by atoms with Crippen LogP contribution in [0, 0.1) is 5.92 Å². The van der Waals surface area contributed by atoms with E-state index in [0.717, 1.165) is 16.5 Å². The monoisotopic (exact) mass is 459 g/mol. The lowest BCUT2D eigenvalue weighted by atomic mass is 10.0. The van der Waals surface area contributed by atoms with E-state index >= 15 is 0 Å². The van der Waals surface area contributed by atoms with Gasteiger partial charge in [0.2, 0.25) is 17.7 Å². The maximum Gasteiger partial charge on any atom is 0.325 e. The van der Waals surface area contributed by atoms with Gasteiger partial charge in [-0.25, -0.2) is 0 Å². The maximum absolute atomic E-state index is 12.8. The number of H-pyrrole nitrogens is 1. The molecule has 10 heteroatoms. The van der Waals surface area contributed by atoms with Gasteiger partial charge in [-0.05, 0) is 44.2 Å². The van der Waals surface area contributed by atoms with Crippen molar-refractivity contribution in [2.24, 2.45) is 11.7 Å². The number of aromatic amines is 1. The molecule has 0 spiro atoms. The summed E-state index contributed by atoms with van der Waals surface area (Å²) in [5, 5.41) is 17.4. The van der Waals surface area contributed by atoms with Crippen LogP contribution < -0.4 is 21.7 Å². The first-order chi connectivity index (χ1) is 15.5. The van der Waals surface area contributed by atoms with Gasteiger partial charge in [0, 0.05) is 17.1 Å². The van der Waals surface area contributed by atoms with Crippen LogP contribution in [0.5, 0.6) is 0 Å². The van der Waals surface area contributed by atoms with Crippen LogP contribution in [0.1, 0.15) is 39.7 Å². The molecular weight excluding hydrogens is 426 g/mol. The van der Waals surface area contributed by atoms with Crippen molar-refractivity contribution < 1.29 is 24.3 Å². The Morgan fingerprint density at radius 3 is 2.21 bits per heavy atom. The molecule has 4 atom stereocenters. The van der Waals surface area contributed by atoms with Gasteiger partial charge in [-0.3, -0.25) is 19.2 Å². The van der Waals surface area contributed by atoms with Gasteiger partial charge >= 0.3 is 5.97 Å². The van der Waals surface area contributed by atoms with Crippen molar-refractivity contribution in [2.75, 3.05) is 0 Å². The molecule has 3 amide bonds. The van der Waals surface area contributed by atoms with E-state index in [1.165, 1.54) is 13.8 Å². The Balaban J connectivity index is 2.01. The summed E-state index contributed by atoms with van der Waals surface area (Å²) < 4.78 is 0. The second-order valence-electron chi connectivity index (χ2n) is 8.66. The summed E-state index contributed by atoms with van der Waals surface area (Å²) in [6.07, 6.45) is 2.45. The third-order valence-electron chi connectivity index (χ3n) is 5.27. The normalized spacial score (nSPS) is 14.8. The zero-order valence-corrected chi connectivity index (χ0v) is 19.3. The lowest BCUT2D eigenvalue weighted by Crippen LogP contribution is -2.56. The number of aromatic nitrogens is 1. The molecule has 1 aromatic heterocycles. The first-order valence-electron chi connectivity index (χ1n) is 10.9. The van der Waals surface area contributed by atoms with Crippen molar-refractivity contribution >= 4 is 34.6 Å². The minimum atomic E-state index is -1.18. The summed E-state index contributed by atoms with van der Waals surface area (Å²) in [6.45, 7) is 6.58. The molecule has 7 N–H and O–H groups in total. The number of carbonyl (C=O) groups excluding carboxylic acids is 3. The molecule has 0 fully saturated rings. The van der Waals surface area contributed by atoms with E-state index in [1.807, 2.05) is 44.3 Å². The summed E-state index contributed by atoms with van der Waals surface area (Å²) in [5.41, 5.74) is 7.98. The highest BCUT2D eigenvalue weighted by atomic mass is 16.4. The Bertz CT molecular complexity index is 1000. The molecule has 1 heterocycles. The summed E-state index contributed by atoms with van der Waals surface area (Å²) in [4.78, 5) is 51.8. The van der Waals surface area contributed by atoms with Gasteiger partial charge in [-0.15, -0.1) is 0 Å². The molecule has 0 saturated heterocycles. The van der Waals surface area contributed by atoms with Crippen LogP contribution in [0.4, 0.5) is 0 Å². The van der Waals surface area contributed by atoms with Crippen molar-refractivity contribution in [3.8, 4) is 0 Å². The lowest BCUT2D eigenvalue weighted by Gasteiger charge is -2.24. The Morgan fingerprint density at radius 2 is 1.58 bits per heavy atom. The fourth-order valence-electron chi connectivity index (χ4n) is 3.39. The van der Waals surface area contributed by atoms with Gasteiger partial charge in [0.1, 0.15) is 18.1 Å². The number of nitrogens with one attached hydrogen (secondary N) is 4. The van der Waals surface area contributed by atoms with Crippen molar-refractivity contribution in [2.45, 2.75) is 64.7 Å². The zero-order valence-electron chi connectivity index (χ0n) is 19.3. The van der Waals surface area contributed by atoms with Crippen LogP contribution in [0.3, 0.4) is 0 Å². The first kappa shape index (κ1) is 25.9. The predicted octanol–water partition coefficient (Wildman–Crippen LogP) is 0.663. The van der Waals surface area contributed by atoms with Crippen molar-refractivity contribution in [1.82, 2.24) is 20.9 Å². The Hall–Kier alpha value is -3.40. The Labute approximate surface area is 192 Å². The number of aliphatic carboxylic acids is 1. The number of para-hydroxylation sites is 1. The molecule has 180 valence electrons. The number of benzene rings is 1. The highest BCUT2D eigenvalue weighted by Gasteiger charge is 2.28. The van der Waals surface area contributed by atoms with E-state index in [4.69, 9.17) is 10.8 Å². The minimum Gasteiger partial charge on any atom is -0.480 e. The van der Waals surface area contributed by atoms with Crippen LogP contribution in [0.2, 0.25) is 0 Å². The number of hydrogen-bond acceptors (Lipinski definition) is 5. The Kier molecular flexibility index (Phi) is 8.98. The number of nitrogens with two attached hydrogens (primary N) is 1. The van der Waals surface area contributed by atoms with Gasteiger partial charge in [0.25, 0.3) is 0 Å². The summed E-state index contributed by atoms with van der Waals surface area (Å²) >= 11 is 0. The van der Waals surface area contributed by atoms with E-state index in [2.05, 4.69) is 20.9 Å². The molecule has 0 aliphatic carbocycles. The van der Waals surface area contributed by atoms with Crippen LogP contribution in [-0.4, -0.2) is 57.9 Å². The summed E-state index contributed by atoms with van der Waals surface area (Å²) in [5.74, 6) is -2.75. The molecule has 0 aliphatic heterocycles. The highest BCUT2D eigenvalue weighted by molar-refractivity contribution is 5.94. The molecule has 0 aliphatic rings. The standard InChI is InChI=1S/C23H33N5O5/c1-12(2)9-19(22(31)26-13(3)20(29)27-14(4)23(32)33)28-21(30)17(24)10-15-11-25-18-8-6-5-7-16(15)18/h5-8,11-14,17,19,25H,9-10,24H2,1-4H3,(H,26,31)(H,27,29)(H,28,30)(H,32,33). The second kappa shape index (κ2) is 11.5. The fourth-order valence-corrected chi connectivity index (χ4v) is 3.39. The molecular formula is C23H33N5O5. The quantitative estimate of drug-likeness (QED) is 0.289. The van der Waals surface area contributed by atoms with Crippen molar-refractivity contribution in [3.63, 3.8) is 0 Å². The van der Waals surface area contributed by atoms with Crippen LogP contribution in [-0.2, 0) is 25.6 Å². The average molecular weight is 460 g/mol. The van der Waals surface area contributed by atoms with E-state index < -0.39 is 47.9 Å². The van der Waals surface area contributed by atoms with Gasteiger partial charge in [0.05, 0.1) is 6.04 Å². The molecule has 2 aromatic rings. The third-order valence-corrected chi connectivity index (χ3v) is 5.27. The largest absolute Gasteiger partial charge is 0.480 e. The number of carboxylic acid groups (broad SMARTS) is 1. The van der Waals surface area contributed by atoms with Crippen LogP contribution in [0.25, 0.3) is 10.9 Å². The summed E-state index contributed by atoms with van der Waals surface area (Å²) in [7, 11) is 0. The third kappa shape index (κ3) is 7.31. The number of carboxylic acids is 1. The van der Waals surface area contributed by atoms with Gasteiger partial charge in [-0.2, -0.15) is 0 Å². The molecule has 4 unspecified atom stereocenters. The Morgan fingerprint density at radius 1 is 0.939 bits per heavy atom. The molecule has 0 bridgehead atoms. The van der Waals surface area contributed by atoms with Gasteiger partial charge in [0.15, 0.2) is 0 Å². The molecule has 0 radical (unpaired) electrons. The van der Waals surface area contributed by atoms with Crippen LogP contribution >= 0.6 is 0 Å². The predicted molar refractivity (Wildman–Crippen MR) is 124 cm³/mol. The maximum atomic E-state index is 12.8. The number of fused-ring (bicyclic) bond motifs is 1. The first-order valence-corrected chi connectivity index (χ1v) is 10.9. The minimum absolute atomic E-state index is 0.0852. The smallest absolute Gasteiger partial charge is 0.325 e. The highest BCUT2D eigenvalue weighted by Crippen LogP contribution is 2.19.